The number of nitrogens with one attached hydrogen (secondary N) is 2. The van der Waals surface area contributed by atoms with Crippen LogP contribution in [-0.4, -0.2) is 43.0 Å². The lowest BCUT2D eigenvalue weighted by molar-refractivity contribution is -0.124. The number of rotatable bonds is 6. The summed E-state index contributed by atoms with van der Waals surface area (Å²) in [5.41, 5.74) is 0. The van der Waals surface area contributed by atoms with Crippen molar-refractivity contribution in [3.8, 4) is 0 Å². The van der Waals surface area contributed by atoms with Gasteiger partial charge in [-0.25, -0.2) is 4.79 Å². The summed E-state index contributed by atoms with van der Waals surface area (Å²) < 4.78 is 0. The molecule has 0 aromatic carbocycles. The maximum Gasteiger partial charge on any atom is 0.318 e. The van der Waals surface area contributed by atoms with Crippen LogP contribution in [0.4, 0.5) is 4.79 Å². The van der Waals surface area contributed by atoms with E-state index in [9.17, 15) is 9.59 Å². The first-order valence-electron chi connectivity index (χ1n) is 9.41. The van der Waals surface area contributed by atoms with Gasteiger partial charge < -0.3 is 15.5 Å². The molecular formula is C18H33N3O2. The van der Waals surface area contributed by atoms with Crippen LogP contribution in [0.3, 0.4) is 0 Å². The van der Waals surface area contributed by atoms with Crippen molar-refractivity contribution in [3.05, 3.63) is 0 Å². The number of urea groups is 1. The molecule has 132 valence electrons. The van der Waals surface area contributed by atoms with Gasteiger partial charge in [-0.2, -0.15) is 0 Å². The molecule has 23 heavy (non-hydrogen) atoms. The molecule has 2 fully saturated rings. The molecular weight excluding hydrogens is 290 g/mol. The number of unbranched alkanes of at least 4 members (excludes halogenated alkanes) is 1. The highest BCUT2D eigenvalue weighted by Gasteiger charge is 2.33. The predicted octanol–water partition coefficient (Wildman–Crippen LogP) is 2.90. The molecule has 1 aliphatic carbocycles. The summed E-state index contributed by atoms with van der Waals surface area (Å²) in [5.74, 6) is 1.46. The molecule has 1 atom stereocenters. The Bertz CT molecular complexity index is 392. The zero-order valence-corrected chi connectivity index (χ0v) is 14.8. The van der Waals surface area contributed by atoms with Gasteiger partial charge in [-0.05, 0) is 37.5 Å². The van der Waals surface area contributed by atoms with Crippen molar-refractivity contribution in [2.75, 3.05) is 20.1 Å². The molecule has 1 aliphatic heterocycles. The fourth-order valence-electron chi connectivity index (χ4n) is 4.00. The third-order valence-corrected chi connectivity index (χ3v) is 5.54. The van der Waals surface area contributed by atoms with Crippen LogP contribution in [0.1, 0.15) is 64.7 Å². The van der Waals surface area contributed by atoms with Crippen molar-refractivity contribution in [2.24, 2.45) is 11.8 Å². The summed E-state index contributed by atoms with van der Waals surface area (Å²) >= 11 is 0. The van der Waals surface area contributed by atoms with E-state index in [-0.39, 0.29) is 18.0 Å². The first-order valence-corrected chi connectivity index (χ1v) is 9.41. The fourth-order valence-corrected chi connectivity index (χ4v) is 4.00. The van der Waals surface area contributed by atoms with Crippen LogP contribution < -0.4 is 10.6 Å². The van der Waals surface area contributed by atoms with E-state index in [4.69, 9.17) is 0 Å². The molecule has 0 spiro atoms. The zero-order valence-electron chi connectivity index (χ0n) is 14.8. The lowest BCUT2D eigenvalue weighted by atomic mass is 9.80. The molecule has 3 amide bonds. The normalized spacial score (nSPS) is 27.7. The molecule has 0 aromatic heterocycles. The minimum atomic E-state index is -0.287. The average Bonchev–Trinajstić information content (AvgIpc) is 3.07. The summed E-state index contributed by atoms with van der Waals surface area (Å²) in [5, 5.41) is 5.73. The van der Waals surface area contributed by atoms with Crippen LogP contribution in [0, 0.1) is 11.8 Å². The molecule has 1 saturated heterocycles. The molecule has 0 bridgehead atoms. The van der Waals surface area contributed by atoms with Crippen molar-refractivity contribution in [3.63, 3.8) is 0 Å². The van der Waals surface area contributed by atoms with Crippen molar-refractivity contribution < 1.29 is 9.59 Å². The Hall–Kier alpha value is -1.26. The van der Waals surface area contributed by atoms with E-state index in [2.05, 4.69) is 17.6 Å². The van der Waals surface area contributed by atoms with Gasteiger partial charge >= 0.3 is 6.03 Å². The third kappa shape index (κ3) is 5.11. The summed E-state index contributed by atoms with van der Waals surface area (Å²) in [6, 6.07) is -0.353. The molecule has 0 aromatic rings. The van der Waals surface area contributed by atoms with Crippen molar-refractivity contribution in [1.82, 2.24) is 15.5 Å². The molecule has 2 aliphatic rings. The highest BCUT2D eigenvalue weighted by atomic mass is 16.2. The van der Waals surface area contributed by atoms with Gasteiger partial charge in [0.05, 0.1) is 0 Å². The van der Waals surface area contributed by atoms with Crippen molar-refractivity contribution >= 4 is 11.9 Å². The van der Waals surface area contributed by atoms with E-state index in [1.807, 2.05) is 0 Å². The molecule has 1 heterocycles. The predicted molar refractivity (Wildman–Crippen MR) is 92.2 cm³/mol. The largest absolute Gasteiger partial charge is 0.357 e. The SMILES string of the molecule is CCCCC1CCC(CNC(=O)N2CCCC2C(=O)NC)CC1. The van der Waals surface area contributed by atoms with E-state index in [0.717, 1.165) is 25.3 Å². The highest BCUT2D eigenvalue weighted by molar-refractivity contribution is 5.87. The van der Waals surface area contributed by atoms with Crippen molar-refractivity contribution in [2.45, 2.75) is 70.8 Å². The minimum absolute atomic E-state index is 0.0471. The molecule has 2 N–H and O–H groups in total. The van der Waals surface area contributed by atoms with Crippen LogP contribution in [0.5, 0.6) is 0 Å². The first-order chi connectivity index (χ1) is 11.2. The van der Waals surface area contributed by atoms with Gasteiger partial charge in [0.2, 0.25) is 5.91 Å². The monoisotopic (exact) mass is 323 g/mol. The Morgan fingerprint density at radius 3 is 2.43 bits per heavy atom. The standard InChI is InChI=1S/C18H33N3O2/c1-3-4-6-14-8-10-15(11-9-14)13-20-18(23)21-12-5-7-16(21)17(22)19-2/h14-16H,3-13H2,1-2H3,(H,19,22)(H,20,23). The second-order valence-electron chi connectivity index (χ2n) is 7.18. The number of likely N-dealkylation sites (N-methyl/N-ethyl adjacent to an activating group) is 1. The van der Waals surface area contributed by atoms with Crippen LogP contribution in [0.15, 0.2) is 0 Å². The molecule has 1 saturated carbocycles. The van der Waals surface area contributed by atoms with Gasteiger partial charge in [0.15, 0.2) is 0 Å². The van der Waals surface area contributed by atoms with Crippen LogP contribution in [-0.2, 0) is 4.79 Å². The van der Waals surface area contributed by atoms with Crippen LogP contribution >= 0.6 is 0 Å². The number of nitrogens with zero attached hydrogens (tertiary/aromatic N) is 1. The molecule has 5 nitrogen and oxygen atoms in total. The summed E-state index contributed by atoms with van der Waals surface area (Å²) in [7, 11) is 1.63. The number of hydrogen-bond donors (Lipinski definition) is 2. The summed E-state index contributed by atoms with van der Waals surface area (Å²) in [6.45, 7) is 3.70. The summed E-state index contributed by atoms with van der Waals surface area (Å²) in [4.78, 5) is 25.9. The molecule has 5 heteroatoms. The maximum atomic E-state index is 12.4. The van der Waals surface area contributed by atoms with Gasteiger partial charge in [0.1, 0.15) is 6.04 Å². The van der Waals surface area contributed by atoms with Gasteiger partial charge in [0.25, 0.3) is 0 Å². The number of carbonyl (C=O) groups excluding carboxylic acids is 2. The van der Waals surface area contributed by atoms with E-state index in [1.165, 1.54) is 44.9 Å². The summed E-state index contributed by atoms with van der Waals surface area (Å²) in [6.07, 6.45) is 10.8. The number of hydrogen-bond acceptors (Lipinski definition) is 2. The van der Waals surface area contributed by atoms with Gasteiger partial charge in [-0.1, -0.05) is 39.0 Å². The van der Waals surface area contributed by atoms with E-state index in [1.54, 1.807) is 11.9 Å². The topological polar surface area (TPSA) is 61.4 Å². The van der Waals surface area contributed by atoms with Gasteiger partial charge in [0, 0.05) is 20.1 Å². The number of likely N-dealkylation sites (tertiary alicyclic amines) is 1. The third-order valence-electron chi connectivity index (χ3n) is 5.54. The van der Waals surface area contributed by atoms with Crippen LogP contribution in [0.25, 0.3) is 0 Å². The van der Waals surface area contributed by atoms with E-state index < -0.39 is 0 Å². The highest BCUT2D eigenvalue weighted by Crippen LogP contribution is 2.31. The lowest BCUT2D eigenvalue weighted by Crippen LogP contribution is -2.49. The Labute approximate surface area is 140 Å². The second-order valence-corrected chi connectivity index (χ2v) is 7.18. The Kier molecular flexibility index (Phi) is 7.18. The quantitative estimate of drug-likeness (QED) is 0.789. The van der Waals surface area contributed by atoms with Gasteiger partial charge in [-0.3, -0.25) is 4.79 Å². The Balaban J connectivity index is 1.70. The molecule has 0 radical (unpaired) electrons. The van der Waals surface area contributed by atoms with E-state index in [0.29, 0.717) is 12.5 Å². The van der Waals surface area contributed by atoms with Crippen LogP contribution in [0.2, 0.25) is 0 Å². The Morgan fingerprint density at radius 2 is 1.78 bits per heavy atom. The van der Waals surface area contributed by atoms with E-state index >= 15 is 0 Å². The smallest absolute Gasteiger partial charge is 0.318 e. The maximum absolute atomic E-state index is 12.4. The molecule has 2 rings (SSSR count). The molecule has 1 unspecified atom stereocenters. The van der Waals surface area contributed by atoms with Gasteiger partial charge in [-0.15, -0.1) is 0 Å². The number of amides is 3. The first kappa shape index (κ1) is 18.1. The minimum Gasteiger partial charge on any atom is -0.357 e. The number of carbonyl (C=O) groups is 2. The van der Waals surface area contributed by atoms with Crippen molar-refractivity contribution in [1.29, 1.82) is 0 Å². The average molecular weight is 323 g/mol. The Morgan fingerprint density at radius 1 is 1.09 bits per heavy atom. The fraction of sp³-hybridized carbons (Fsp3) is 0.889. The zero-order chi connectivity index (χ0) is 16.7. The lowest BCUT2D eigenvalue weighted by Gasteiger charge is -2.30. The second kappa shape index (κ2) is 9.14.